The Hall–Kier alpha value is -4.37. The first-order valence-corrected chi connectivity index (χ1v) is 11.3. The van der Waals surface area contributed by atoms with Gasteiger partial charge in [-0.05, 0) is 43.2 Å². The van der Waals surface area contributed by atoms with Crippen molar-refractivity contribution in [3.63, 3.8) is 0 Å². The van der Waals surface area contributed by atoms with Crippen LogP contribution in [0.5, 0.6) is 0 Å². The second kappa shape index (κ2) is 7.60. The van der Waals surface area contributed by atoms with Crippen LogP contribution >= 0.6 is 0 Å². The lowest BCUT2D eigenvalue weighted by atomic mass is 9.72. The summed E-state index contributed by atoms with van der Waals surface area (Å²) in [4.78, 5) is 20.5. The van der Waals surface area contributed by atoms with Crippen molar-refractivity contribution in [2.24, 2.45) is 10.7 Å². The predicted octanol–water partition coefficient (Wildman–Crippen LogP) is 5.05. The Bertz CT molecular complexity index is 1450. The number of furan rings is 1. The molecular formula is C28H22N4O2. The highest BCUT2D eigenvalue weighted by Gasteiger charge is 2.45. The number of nitriles is 1. The summed E-state index contributed by atoms with van der Waals surface area (Å²) in [5.41, 5.74) is 12.0. The van der Waals surface area contributed by atoms with Crippen LogP contribution in [0.25, 0.3) is 0 Å². The van der Waals surface area contributed by atoms with E-state index in [2.05, 4.69) is 6.07 Å². The third kappa shape index (κ3) is 2.94. The highest BCUT2D eigenvalue weighted by molar-refractivity contribution is 6.08. The predicted molar refractivity (Wildman–Crippen MR) is 129 cm³/mol. The van der Waals surface area contributed by atoms with E-state index in [9.17, 15) is 10.1 Å². The highest BCUT2D eigenvalue weighted by atomic mass is 16.3. The number of fused-ring (bicyclic) bond motifs is 4. The highest BCUT2D eigenvalue weighted by Crippen LogP contribution is 2.51. The summed E-state index contributed by atoms with van der Waals surface area (Å²) in [6.07, 6.45) is 2.58. The molecule has 2 aliphatic heterocycles. The van der Waals surface area contributed by atoms with Gasteiger partial charge >= 0.3 is 0 Å². The molecule has 3 heterocycles. The van der Waals surface area contributed by atoms with Crippen LogP contribution < -0.4 is 10.6 Å². The van der Waals surface area contributed by atoms with Crippen molar-refractivity contribution < 1.29 is 9.21 Å². The summed E-state index contributed by atoms with van der Waals surface area (Å²) in [7, 11) is 0. The third-order valence-electron chi connectivity index (χ3n) is 6.91. The average Bonchev–Trinajstić information content (AvgIpc) is 3.39. The van der Waals surface area contributed by atoms with E-state index in [0.717, 1.165) is 33.8 Å². The lowest BCUT2D eigenvalue weighted by Crippen LogP contribution is -2.40. The summed E-state index contributed by atoms with van der Waals surface area (Å²) in [6, 6.07) is 21.9. The van der Waals surface area contributed by atoms with Crippen molar-refractivity contribution in [3.8, 4) is 6.07 Å². The maximum absolute atomic E-state index is 13.8. The first kappa shape index (κ1) is 20.3. The molecule has 6 nitrogen and oxygen atoms in total. The number of aryl methyl sites for hydroxylation is 1. The van der Waals surface area contributed by atoms with E-state index in [0.29, 0.717) is 35.6 Å². The number of anilines is 1. The zero-order valence-corrected chi connectivity index (χ0v) is 18.7. The molecule has 34 heavy (non-hydrogen) atoms. The quantitative estimate of drug-likeness (QED) is 0.595. The van der Waals surface area contributed by atoms with Crippen molar-refractivity contribution in [1.29, 1.82) is 5.26 Å². The van der Waals surface area contributed by atoms with Crippen LogP contribution in [-0.2, 0) is 4.79 Å². The zero-order chi connectivity index (χ0) is 23.4. The summed E-state index contributed by atoms with van der Waals surface area (Å²) in [5.74, 6) is 1.11. The summed E-state index contributed by atoms with van der Waals surface area (Å²) >= 11 is 0. The zero-order valence-electron chi connectivity index (χ0n) is 18.7. The number of allylic oxidation sites excluding steroid dienone is 3. The fraction of sp³-hybridized carbons (Fsp3) is 0.179. The minimum atomic E-state index is -0.487. The van der Waals surface area contributed by atoms with E-state index >= 15 is 0 Å². The van der Waals surface area contributed by atoms with Gasteiger partial charge in [0, 0.05) is 29.2 Å². The molecule has 0 amide bonds. The molecule has 1 aliphatic carbocycles. The summed E-state index contributed by atoms with van der Waals surface area (Å²) in [6.45, 7) is 2.02. The number of rotatable bonds is 2. The molecule has 3 aliphatic rings. The van der Waals surface area contributed by atoms with Gasteiger partial charge in [0.2, 0.25) is 0 Å². The summed E-state index contributed by atoms with van der Waals surface area (Å²) in [5, 5.41) is 10.3. The Kier molecular flexibility index (Phi) is 4.53. The number of amidine groups is 1. The number of carbonyl (C=O) groups is 1. The van der Waals surface area contributed by atoms with E-state index < -0.39 is 5.92 Å². The molecule has 1 aromatic heterocycles. The van der Waals surface area contributed by atoms with Crippen molar-refractivity contribution in [1.82, 2.24) is 0 Å². The number of hydrogen-bond acceptors (Lipinski definition) is 6. The molecule has 0 fully saturated rings. The van der Waals surface area contributed by atoms with E-state index in [1.807, 2.05) is 72.5 Å². The van der Waals surface area contributed by atoms with E-state index in [1.54, 1.807) is 6.26 Å². The number of ketones is 1. The van der Waals surface area contributed by atoms with Gasteiger partial charge in [-0.25, -0.2) is 4.99 Å². The van der Waals surface area contributed by atoms with Crippen LogP contribution in [-0.4, -0.2) is 11.6 Å². The van der Waals surface area contributed by atoms with Crippen LogP contribution in [0.2, 0.25) is 0 Å². The maximum atomic E-state index is 13.8. The molecule has 2 N–H and O–H groups in total. The van der Waals surface area contributed by atoms with Gasteiger partial charge < -0.3 is 10.2 Å². The number of para-hydroxylation sites is 1. The number of benzene rings is 2. The number of Topliss-reactive ketones (excluding diaryl/α,β-unsaturated/α-hetero) is 1. The molecule has 166 valence electrons. The van der Waals surface area contributed by atoms with E-state index in [4.69, 9.17) is 15.1 Å². The standard InChI is InChI=1S/C28H22N4O2/c1-16-8-10-17(11-9-16)25-20(15-29)28-31-27(30)19-5-2-3-6-21(19)32(28)22-13-18(14-23(33)26(22)25)24-7-4-12-34-24/h2-12,18,25H,13-14H2,1H3,(H2,30,31). The Morgan fingerprint density at radius 1 is 1.09 bits per heavy atom. The number of carbonyl (C=O) groups excluding carboxylic acids is 1. The molecule has 6 rings (SSSR count). The number of aliphatic imine (C=N–C) groups is 1. The van der Waals surface area contributed by atoms with Gasteiger partial charge in [-0.3, -0.25) is 9.69 Å². The molecule has 0 spiro atoms. The first-order valence-electron chi connectivity index (χ1n) is 11.3. The molecule has 0 saturated heterocycles. The summed E-state index contributed by atoms with van der Waals surface area (Å²) < 4.78 is 5.69. The van der Waals surface area contributed by atoms with Gasteiger partial charge in [-0.1, -0.05) is 42.0 Å². The second-order valence-corrected chi connectivity index (χ2v) is 8.95. The smallest absolute Gasteiger partial charge is 0.162 e. The number of hydrogen-bond donors (Lipinski definition) is 1. The van der Waals surface area contributed by atoms with Gasteiger partial charge in [0.1, 0.15) is 11.6 Å². The van der Waals surface area contributed by atoms with E-state index in [-0.39, 0.29) is 11.7 Å². The Morgan fingerprint density at radius 2 is 1.88 bits per heavy atom. The lowest BCUT2D eigenvalue weighted by molar-refractivity contribution is -0.116. The van der Waals surface area contributed by atoms with Gasteiger partial charge in [0.25, 0.3) is 0 Å². The SMILES string of the molecule is Cc1ccc(C2C(C#N)=C3N=C(N)c4ccccc4N3C3=C2C(=O)CC(c2ccco2)C3)cc1. The fourth-order valence-corrected chi connectivity index (χ4v) is 5.33. The maximum Gasteiger partial charge on any atom is 0.162 e. The number of nitrogens with two attached hydrogens (primary N) is 1. The Morgan fingerprint density at radius 3 is 2.62 bits per heavy atom. The van der Waals surface area contributed by atoms with Crippen LogP contribution in [0.1, 0.15) is 47.1 Å². The largest absolute Gasteiger partial charge is 0.469 e. The first-order chi connectivity index (χ1) is 16.6. The molecular weight excluding hydrogens is 424 g/mol. The molecule has 6 heteroatoms. The van der Waals surface area contributed by atoms with Crippen LogP contribution in [0, 0.1) is 18.3 Å². The van der Waals surface area contributed by atoms with Crippen LogP contribution in [0.15, 0.2) is 99.0 Å². The molecule has 0 bridgehead atoms. The average molecular weight is 447 g/mol. The van der Waals surface area contributed by atoms with E-state index in [1.165, 1.54) is 0 Å². The van der Waals surface area contributed by atoms with Crippen molar-refractivity contribution in [2.75, 3.05) is 4.90 Å². The minimum absolute atomic E-state index is 0.0278. The molecule has 2 unspecified atom stereocenters. The second-order valence-electron chi connectivity index (χ2n) is 8.95. The van der Waals surface area contributed by atoms with Crippen molar-refractivity contribution in [2.45, 2.75) is 31.6 Å². The van der Waals surface area contributed by atoms with Gasteiger partial charge in [-0.2, -0.15) is 5.26 Å². The number of nitrogens with zero attached hydrogens (tertiary/aromatic N) is 3. The molecule has 0 radical (unpaired) electrons. The molecule has 3 aromatic rings. The van der Waals surface area contributed by atoms with Crippen LogP contribution in [0.3, 0.4) is 0 Å². The molecule has 2 aromatic carbocycles. The molecule has 2 atom stereocenters. The lowest BCUT2D eigenvalue weighted by Gasteiger charge is -2.43. The van der Waals surface area contributed by atoms with Crippen LogP contribution in [0.4, 0.5) is 5.69 Å². The Balaban J connectivity index is 1.62. The monoisotopic (exact) mass is 446 g/mol. The van der Waals surface area contributed by atoms with Gasteiger partial charge in [0.15, 0.2) is 11.6 Å². The topological polar surface area (TPSA) is 95.6 Å². The molecule has 0 saturated carbocycles. The minimum Gasteiger partial charge on any atom is -0.469 e. The van der Waals surface area contributed by atoms with Gasteiger partial charge in [-0.15, -0.1) is 0 Å². The fourth-order valence-electron chi connectivity index (χ4n) is 5.33. The third-order valence-corrected chi connectivity index (χ3v) is 6.91. The van der Waals surface area contributed by atoms with Gasteiger partial charge in [0.05, 0.1) is 29.5 Å². The normalized spacial score (nSPS) is 21.5. The van der Waals surface area contributed by atoms with Crippen molar-refractivity contribution >= 4 is 17.3 Å². The van der Waals surface area contributed by atoms with Crippen molar-refractivity contribution in [3.05, 3.63) is 112 Å². The Labute approximate surface area is 197 Å².